The number of hydrogen-bond acceptors (Lipinski definition) is 6. The van der Waals surface area contributed by atoms with Gasteiger partial charge in [0.25, 0.3) is 0 Å². The Bertz CT molecular complexity index is 888. The van der Waals surface area contributed by atoms with Crippen LogP contribution < -0.4 is 19.9 Å². The molecule has 3 rings (SSSR count). The molecule has 2 aromatic rings. The van der Waals surface area contributed by atoms with Crippen LogP contribution in [0, 0.1) is 0 Å². The summed E-state index contributed by atoms with van der Waals surface area (Å²) in [6.45, 7) is 5.68. The zero-order valence-electron chi connectivity index (χ0n) is 16.0. The van der Waals surface area contributed by atoms with E-state index in [1.54, 1.807) is 0 Å². The van der Waals surface area contributed by atoms with E-state index in [-0.39, 0.29) is 36.0 Å². The van der Waals surface area contributed by atoms with Crippen molar-refractivity contribution in [3.8, 4) is 17.2 Å². The number of rotatable bonds is 5. The number of ether oxygens (including phenoxy) is 3. The Morgan fingerprint density at radius 3 is 2.44 bits per heavy atom. The quantitative estimate of drug-likeness (QED) is 0.639. The van der Waals surface area contributed by atoms with Crippen molar-refractivity contribution < 1.29 is 23.8 Å². The molecule has 0 bridgehead atoms. The van der Waals surface area contributed by atoms with Gasteiger partial charge in [-0.25, -0.2) is 0 Å². The molecule has 0 aliphatic carbocycles. The average molecular weight is 371 g/mol. The number of benzene rings is 2. The van der Waals surface area contributed by atoms with Crippen LogP contribution in [0.2, 0.25) is 0 Å². The molecule has 2 N–H and O–H groups in total. The molecule has 0 saturated heterocycles. The summed E-state index contributed by atoms with van der Waals surface area (Å²) in [7, 11) is 0. The SMILES string of the molecule is CCCC(=O)Oc1c2c(c3ccccc3c1OC(=O)CN)OC(C)(C)CC2. The maximum absolute atomic E-state index is 12.2. The first-order valence-corrected chi connectivity index (χ1v) is 9.24. The lowest BCUT2D eigenvalue weighted by Crippen LogP contribution is -2.33. The van der Waals surface area contributed by atoms with Crippen LogP contribution in [0.15, 0.2) is 24.3 Å². The molecule has 1 aliphatic heterocycles. The number of carbonyl (C=O) groups excluding carboxylic acids is 2. The summed E-state index contributed by atoms with van der Waals surface area (Å²) in [6.07, 6.45) is 2.34. The first kappa shape index (κ1) is 19.2. The highest BCUT2D eigenvalue weighted by molar-refractivity contribution is 5.99. The molecular formula is C21H25NO5. The van der Waals surface area contributed by atoms with Gasteiger partial charge in [-0.2, -0.15) is 0 Å². The highest BCUT2D eigenvalue weighted by Crippen LogP contribution is 2.50. The van der Waals surface area contributed by atoms with Gasteiger partial charge < -0.3 is 19.9 Å². The highest BCUT2D eigenvalue weighted by Gasteiger charge is 2.34. The number of nitrogens with two attached hydrogens (primary N) is 1. The average Bonchev–Trinajstić information content (AvgIpc) is 2.63. The first-order chi connectivity index (χ1) is 12.9. The summed E-state index contributed by atoms with van der Waals surface area (Å²) in [5.74, 6) is 0.204. The summed E-state index contributed by atoms with van der Waals surface area (Å²) in [6, 6.07) is 7.45. The molecule has 144 valence electrons. The molecule has 6 heteroatoms. The third kappa shape index (κ3) is 3.90. The van der Waals surface area contributed by atoms with Crippen molar-refractivity contribution in [1.82, 2.24) is 0 Å². The second-order valence-corrected chi connectivity index (χ2v) is 7.28. The van der Waals surface area contributed by atoms with Crippen LogP contribution in [-0.2, 0) is 16.0 Å². The Morgan fingerprint density at radius 2 is 1.78 bits per heavy atom. The van der Waals surface area contributed by atoms with Crippen molar-refractivity contribution in [2.45, 2.75) is 52.1 Å². The third-order valence-corrected chi connectivity index (χ3v) is 4.58. The zero-order valence-corrected chi connectivity index (χ0v) is 16.0. The van der Waals surface area contributed by atoms with Crippen LogP contribution in [0.5, 0.6) is 17.2 Å². The summed E-state index contributed by atoms with van der Waals surface area (Å²) in [5, 5.41) is 1.46. The van der Waals surface area contributed by atoms with Gasteiger partial charge in [0, 0.05) is 22.8 Å². The lowest BCUT2D eigenvalue weighted by molar-refractivity contribution is -0.136. The molecular weight excluding hydrogens is 346 g/mol. The van der Waals surface area contributed by atoms with Gasteiger partial charge in [0.2, 0.25) is 0 Å². The van der Waals surface area contributed by atoms with Gasteiger partial charge in [-0.3, -0.25) is 9.59 Å². The standard InChI is InChI=1S/C21H25NO5/c1-4-7-16(23)25-20-15-10-11-21(2,3)27-18(15)13-8-5-6-9-14(13)19(20)26-17(24)12-22/h5-6,8-9H,4,7,10-12,22H2,1-3H3. The molecule has 0 aromatic heterocycles. The topological polar surface area (TPSA) is 87.9 Å². The first-order valence-electron chi connectivity index (χ1n) is 9.24. The van der Waals surface area contributed by atoms with Crippen molar-refractivity contribution in [3.63, 3.8) is 0 Å². The molecule has 0 unspecified atom stereocenters. The summed E-state index contributed by atoms with van der Waals surface area (Å²) in [5.41, 5.74) is 5.84. The summed E-state index contributed by atoms with van der Waals surface area (Å²) >= 11 is 0. The molecule has 0 radical (unpaired) electrons. The van der Waals surface area contributed by atoms with Gasteiger partial charge in [0.15, 0.2) is 11.5 Å². The lowest BCUT2D eigenvalue weighted by atomic mass is 9.91. The van der Waals surface area contributed by atoms with Crippen LogP contribution in [0.1, 0.15) is 45.6 Å². The van der Waals surface area contributed by atoms with E-state index in [0.717, 1.165) is 17.4 Å². The Morgan fingerprint density at radius 1 is 1.11 bits per heavy atom. The molecule has 0 saturated carbocycles. The highest BCUT2D eigenvalue weighted by atomic mass is 16.6. The van der Waals surface area contributed by atoms with Gasteiger partial charge in [-0.05, 0) is 33.1 Å². The fraction of sp³-hybridized carbons (Fsp3) is 0.429. The Hall–Kier alpha value is -2.60. The van der Waals surface area contributed by atoms with E-state index in [2.05, 4.69) is 0 Å². The van der Waals surface area contributed by atoms with Crippen LogP contribution >= 0.6 is 0 Å². The number of carbonyl (C=O) groups is 2. The Balaban J connectivity index is 2.25. The summed E-state index contributed by atoms with van der Waals surface area (Å²) < 4.78 is 17.4. The van der Waals surface area contributed by atoms with Crippen molar-refractivity contribution >= 4 is 22.7 Å². The maximum Gasteiger partial charge on any atom is 0.325 e. The van der Waals surface area contributed by atoms with E-state index < -0.39 is 5.97 Å². The Labute approximate surface area is 158 Å². The van der Waals surface area contributed by atoms with Crippen molar-refractivity contribution in [1.29, 1.82) is 0 Å². The van der Waals surface area contributed by atoms with E-state index in [1.165, 1.54) is 0 Å². The lowest BCUT2D eigenvalue weighted by Gasteiger charge is -2.34. The van der Waals surface area contributed by atoms with E-state index in [0.29, 0.717) is 24.0 Å². The van der Waals surface area contributed by atoms with E-state index in [1.807, 2.05) is 45.0 Å². The largest absolute Gasteiger partial charge is 0.487 e. The van der Waals surface area contributed by atoms with Gasteiger partial charge in [-0.15, -0.1) is 0 Å². The number of hydrogen-bond donors (Lipinski definition) is 1. The molecule has 1 aliphatic rings. The minimum Gasteiger partial charge on any atom is -0.487 e. The van der Waals surface area contributed by atoms with E-state index in [4.69, 9.17) is 19.9 Å². The minimum absolute atomic E-state index is 0.229. The third-order valence-electron chi connectivity index (χ3n) is 4.58. The van der Waals surface area contributed by atoms with Crippen LogP contribution in [0.4, 0.5) is 0 Å². The van der Waals surface area contributed by atoms with Crippen LogP contribution in [-0.4, -0.2) is 24.1 Å². The molecule has 0 amide bonds. The number of esters is 2. The maximum atomic E-state index is 12.2. The predicted octanol–water partition coefficient (Wildman–Crippen LogP) is 3.51. The second-order valence-electron chi connectivity index (χ2n) is 7.28. The minimum atomic E-state index is -0.593. The molecule has 1 heterocycles. The van der Waals surface area contributed by atoms with Crippen molar-refractivity contribution in [2.24, 2.45) is 5.73 Å². The second kappa shape index (κ2) is 7.56. The molecule has 27 heavy (non-hydrogen) atoms. The van der Waals surface area contributed by atoms with Gasteiger partial charge >= 0.3 is 11.9 Å². The molecule has 0 fully saturated rings. The molecule has 0 atom stereocenters. The zero-order chi connectivity index (χ0) is 19.6. The predicted molar refractivity (Wildman–Crippen MR) is 102 cm³/mol. The van der Waals surface area contributed by atoms with E-state index >= 15 is 0 Å². The van der Waals surface area contributed by atoms with Crippen molar-refractivity contribution in [3.05, 3.63) is 29.8 Å². The fourth-order valence-corrected chi connectivity index (χ4v) is 3.23. The molecule has 6 nitrogen and oxygen atoms in total. The van der Waals surface area contributed by atoms with Gasteiger partial charge in [0.1, 0.15) is 11.4 Å². The van der Waals surface area contributed by atoms with E-state index in [9.17, 15) is 9.59 Å². The van der Waals surface area contributed by atoms with Gasteiger partial charge in [-0.1, -0.05) is 31.2 Å². The molecule has 2 aromatic carbocycles. The normalized spacial score (nSPS) is 15.0. The van der Waals surface area contributed by atoms with Gasteiger partial charge in [0.05, 0.1) is 6.54 Å². The monoisotopic (exact) mass is 371 g/mol. The molecule has 0 spiro atoms. The van der Waals surface area contributed by atoms with Crippen LogP contribution in [0.25, 0.3) is 10.8 Å². The van der Waals surface area contributed by atoms with Crippen molar-refractivity contribution in [2.75, 3.05) is 6.54 Å². The Kier molecular flexibility index (Phi) is 5.37. The number of fused-ring (bicyclic) bond motifs is 3. The smallest absolute Gasteiger partial charge is 0.325 e. The summed E-state index contributed by atoms with van der Waals surface area (Å²) in [4.78, 5) is 24.2. The van der Waals surface area contributed by atoms with Crippen LogP contribution in [0.3, 0.4) is 0 Å². The fourth-order valence-electron chi connectivity index (χ4n) is 3.23.